The Bertz CT molecular complexity index is 1130. The lowest BCUT2D eigenvalue weighted by molar-refractivity contribution is -0.126. The molecule has 7 nitrogen and oxygen atoms in total. The number of carbonyl (C=O) groups is 2. The van der Waals surface area contributed by atoms with Crippen molar-refractivity contribution in [1.29, 1.82) is 0 Å². The quantitative estimate of drug-likeness (QED) is 0.635. The van der Waals surface area contributed by atoms with E-state index >= 15 is 0 Å². The standard InChI is InChI=1S/C27H33N3O4S/c31-26(28-21-23-9-11-25(12-10-23)27(32)29-16-5-2-6-17-29)24-13-18-30(19-14-24)35(33,34)20-15-22-7-3-1-4-8-22/h1,3-4,7-12,15,20,24H,2,5-6,13-14,16-19,21H2,(H,28,31)/b20-15+. The Morgan fingerprint density at radius 2 is 1.54 bits per heavy atom. The molecular formula is C27H33N3O4S. The van der Waals surface area contributed by atoms with Gasteiger partial charge in [-0.3, -0.25) is 9.59 Å². The average molecular weight is 496 g/mol. The van der Waals surface area contributed by atoms with Gasteiger partial charge in [-0.15, -0.1) is 0 Å². The van der Waals surface area contributed by atoms with E-state index < -0.39 is 10.0 Å². The fourth-order valence-electron chi connectivity index (χ4n) is 4.57. The minimum absolute atomic E-state index is 0.0599. The number of piperidine rings is 2. The van der Waals surface area contributed by atoms with Crippen LogP contribution in [0, 0.1) is 5.92 Å². The minimum atomic E-state index is -3.52. The van der Waals surface area contributed by atoms with Gasteiger partial charge < -0.3 is 10.2 Å². The van der Waals surface area contributed by atoms with Gasteiger partial charge in [-0.25, -0.2) is 8.42 Å². The van der Waals surface area contributed by atoms with Crippen molar-refractivity contribution in [2.45, 2.75) is 38.6 Å². The molecule has 35 heavy (non-hydrogen) atoms. The van der Waals surface area contributed by atoms with Crippen molar-refractivity contribution in [2.24, 2.45) is 5.92 Å². The molecule has 0 spiro atoms. The molecule has 2 aliphatic heterocycles. The molecule has 2 fully saturated rings. The van der Waals surface area contributed by atoms with Crippen LogP contribution in [-0.4, -0.2) is 55.6 Å². The molecule has 8 heteroatoms. The van der Waals surface area contributed by atoms with Crippen LogP contribution in [0.15, 0.2) is 60.0 Å². The maximum atomic E-state index is 12.7. The third-order valence-corrected chi connectivity index (χ3v) is 8.29. The smallest absolute Gasteiger partial charge is 0.253 e. The second-order valence-electron chi connectivity index (χ2n) is 9.20. The normalized spacial score (nSPS) is 18.0. The molecule has 2 amide bonds. The molecule has 2 aromatic rings. The Labute approximate surface area is 207 Å². The van der Waals surface area contributed by atoms with E-state index in [4.69, 9.17) is 0 Å². The largest absolute Gasteiger partial charge is 0.352 e. The summed E-state index contributed by atoms with van der Waals surface area (Å²) in [6.45, 7) is 2.68. The summed E-state index contributed by atoms with van der Waals surface area (Å²) in [4.78, 5) is 27.2. The number of hydrogen-bond acceptors (Lipinski definition) is 4. The summed E-state index contributed by atoms with van der Waals surface area (Å²) in [5.74, 6) is -0.199. The molecule has 0 aliphatic carbocycles. The lowest BCUT2D eigenvalue weighted by Crippen LogP contribution is -2.42. The van der Waals surface area contributed by atoms with Gasteiger partial charge in [0.25, 0.3) is 5.91 Å². The van der Waals surface area contributed by atoms with Crippen molar-refractivity contribution >= 4 is 27.9 Å². The van der Waals surface area contributed by atoms with Gasteiger partial charge in [0.05, 0.1) is 0 Å². The Hall–Kier alpha value is -2.97. The van der Waals surface area contributed by atoms with Gasteiger partial charge in [0, 0.05) is 49.6 Å². The van der Waals surface area contributed by atoms with Crippen molar-refractivity contribution in [3.63, 3.8) is 0 Å². The maximum absolute atomic E-state index is 12.7. The molecule has 0 aromatic heterocycles. The van der Waals surface area contributed by atoms with Gasteiger partial charge in [-0.2, -0.15) is 4.31 Å². The van der Waals surface area contributed by atoms with E-state index in [0.29, 0.717) is 38.0 Å². The molecule has 1 N–H and O–H groups in total. The van der Waals surface area contributed by atoms with Crippen LogP contribution in [0.25, 0.3) is 6.08 Å². The van der Waals surface area contributed by atoms with Gasteiger partial charge in [0.2, 0.25) is 15.9 Å². The lowest BCUT2D eigenvalue weighted by Gasteiger charge is -2.29. The van der Waals surface area contributed by atoms with E-state index in [0.717, 1.165) is 37.1 Å². The van der Waals surface area contributed by atoms with Crippen LogP contribution in [0.1, 0.15) is 53.6 Å². The van der Waals surface area contributed by atoms with Gasteiger partial charge >= 0.3 is 0 Å². The summed E-state index contributed by atoms with van der Waals surface area (Å²) < 4.78 is 26.7. The molecule has 2 aliphatic rings. The summed E-state index contributed by atoms with van der Waals surface area (Å²) >= 11 is 0. The summed E-state index contributed by atoms with van der Waals surface area (Å²) in [5.41, 5.74) is 2.44. The van der Waals surface area contributed by atoms with Crippen LogP contribution in [-0.2, 0) is 21.4 Å². The maximum Gasteiger partial charge on any atom is 0.253 e. The first-order valence-electron chi connectivity index (χ1n) is 12.3. The first-order chi connectivity index (χ1) is 16.9. The van der Waals surface area contributed by atoms with Gasteiger partial charge in [0.1, 0.15) is 0 Å². The van der Waals surface area contributed by atoms with E-state index in [1.165, 1.54) is 16.1 Å². The van der Waals surface area contributed by atoms with Crippen molar-refractivity contribution in [3.05, 3.63) is 76.7 Å². The van der Waals surface area contributed by atoms with Crippen LogP contribution in [0.3, 0.4) is 0 Å². The SMILES string of the molecule is O=C(NCc1ccc(C(=O)N2CCCCC2)cc1)C1CCN(S(=O)(=O)/C=C/c2ccccc2)CC1. The summed E-state index contributed by atoms with van der Waals surface area (Å²) in [6, 6.07) is 16.7. The Morgan fingerprint density at radius 3 is 2.20 bits per heavy atom. The molecule has 2 aromatic carbocycles. The van der Waals surface area contributed by atoms with Gasteiger partial charge in [-0.05, 0) is 61.4 Å². The molecule has 2 heterocycles. The molecule has 2 saturated heterocycles. The highest BCUT2D eigenvalue weighted by atomic mass is 32.2. The van der Waals surface area contributed by atoms with Crippen molar-refractivity contribution in [1.82, 2.24) is 14.5 Å². The fourth-order valence-corrected chi connectivity index (χ4v) is 5.79. The van der Waals surface area contributed by atoms with Crippen LogP contribution in [0.2, 0.25) is 0 Å². The van der Waals surface area contributed by atoms with Crippen molar-refractivity contribution < 1.29 is 18.0 Å². The van der Waals surface area contributed by atoms with E-state index in [9.17, 15) is 18.0 Å². The Kier molecular flexibility index (Phi) is 8.36. The lowest BCUT2D eigenvalue weighted by atomic mass is 9.97. The molecule has 186 valence electrons. The van der Waals surface area contributed by atoms with Crippen LogP contribution in [0.4, 0.5) is 0 Å². The molecule has 0 saturated carbocycles. The third kappa shape index (κ3) is 6.80. The zero-order valence-electron chi connectivity index (χ0n) is 19.9. The van der Waals surface area contributed by atoms with Crippen molar-refractivity contribution in [3.8, 4) is 0 Å². The highest BCUT2D eigenvalue weighted by molar-refractivity contribution is 7.92. The summed E-state index contributed by atoms with van der Waals surface area (Å²) in [7, 11) is -3.52. The van der Waals surface area contributed by atoms with E-state index in [-0.39, 0.29) is 17.7 Å². The average Bonchev–Trinajstić information content (AvgIpc) is 2.91. The zero-order valence-corrected chi connectivity index (χ0v) is 20.8. The highest BCUT2D eigenvalue weighted by Gasteiger charge is 2.29. The molecular weight excluding hydrogens is 462 g/mol. The van der Waals surface area contributed by atoms with E-state index in [1.807, 2.05) is 59.5 Å². The number of nitrogens with zero attached hydrogens (tertiary/aromatic N) is 2. The Balaban J connectivity index is 1.23. The van der Waals surface area contributed by atoms with Crippen LogP contribution < -0.4 is 5.32 Å². The number of nitrogens with one attached hydrogen (secondary N) is 1. The van der Waals surface area contributed by atoms with Crippen LogP contribution in [0.5, 0.6) is 0 Å². The number of amides is 2. The van der Waals surface area contributed by atoms with Crippen molar-refractivity contribution in [2.75, 3.05) is 26.2 Å². The molecule has 0 atom stereocenters. The molecule has 0 unspecified atom stereocenters. The monoisotopic (exact) mass is 495 g/mol. The van der Waals surface area contributed by atoms with Gasteiger partial charge in [0.15, 0.2) is 0 Å². The fraction of sp³-hybridized carbons (Fsp3) is 0.407. The first kappa shape index (κ1) is 25.1. The number of benzene rings is 2. The molecule has 4 rings (SSSR count). The molecule has 0 bridgehead atoms. The third-order valence-electron chi connectivity index (χ3n) is 6.73. The Morgan fingerprint density at radius 1 is 0.886 bits per heavy atom. The molecule has 0 radical (unpaired) electrons. The predicted molar refractivity (Wildman–Crippen MR) is 137 cm³/mol. The second kappa shape index (κ2) is 11.6. The van der Waals surface area contributed by atoms with E-state index in [2.05, 4.69) is 5.32 Å². The zero-order chi connectivity index (χ0) is 24.7. The van der Waals surface area contributed by atoms with Crippen LogP contribution >= 0.6 is 0 Å². The topological polar surface area (TPSA) is 86.8 Å². The highest BCUT2D eigenvalue weighted by Crippen LogP contribution is 2.21. The second-order valence-corrected chi connectivity index (χ2v) is 11.0. The number of sulfonamides is 1. The van der Waals surface area contributed by atoms with E-state index in [1.54, 1.807) is 6.08 Å². The first-order valence-corrected chi connectivity index (χ1v) is 13.8. The summed E-state index contributed by atoms with van der Waals surface area (Å²) in [5, 5.41) is 4.20. The number of likely N-dealkylation sites (tertiary alicyclic amines) is 1. The number of hydrogen-bond donors (Lipinski definition) is 1. The predicted octanol–water partition coefficient (Wildman–Crippen LogP) is 3.64. The minimum Gasteiger partial charge on any atom is -0.352 e. The number of rotatable bonds is 7. The number of carbonyl (C=O) groups excluding carboxylic acids is 2. The summed E-state index contributed by atoms with van der Waals surface area (Å²) in [6.07, 6.45) is 5.89. The van der Waals surface area contributed by atoms with Gasteiger partial charge in [-0.1, -0.05) is 42.5 Å².